The summed E-state index contributed by atoms with van der Waals surface area (Å²) in [7, 11) is 1.53. The fraction of sp³-hybridized carbons (Fsp3) is 0.417. The maximum atomic E-state index is 12.1. The SMILES string of the molecule is CN(C(=O)c1ccccn1)C1(C(=O)O)CCC1. The third-order valence-electron chi connectivity index (χ3n) is 3.41. The summed E-state index contributed by atoms with van der Waals surface area (Å²) in [6.45, 7) is 0. The fourth-order valence-electron chi connectivity index (χ4n) is 2.06. The molecule has 0 radical (unpaired) electrons. The molecule has 90 valence electrons. The molecule has 1 aliphatic rings. The van der Waals surface area contributed by atoms with Crippen LogP contribution in [0.3, 0.4) is 0 Å². The molecule has 0 unspecified atom stereocenters. The second-order valence-corrected chi connectivity index (χ2v) is 4.27. The first-order chi connectivity index (χ1) is 8.08. The van der Waals surface area contributed by atoms with Crippen molar-refractivity contribution >= 4 is 11.9 Å². The van der Waals surface area contributed by atoms with Crippen molar-refractivity contribution in [2.75, 3.05) is 7.05 Å². The summed E-state index contributed by atoms with van der Waals surface area (Å²) in [5.74, 6) is -1.27. The van der Waals surface area contributed by atoms with E-state index in [2.05, 4.69) is 4.98 Å². The molecule has 1 saturated carbocycles. The lowest BCUT2D eigenvalue weighted by Gasteiger charge is -2.44. The number of aliphatic carboxylic acids is 1. The van der Waals surface area contributed by atoms with Crippen LogP contribution >= 0.6 is 0 Å². The molecule has 17 heavy (non-hydrogen) atoms. The van der Waals surface area contributed by atoms with E-state index in [-0.39, 0.29) is 11.6 Å². The predicted octanol–water partition coefficient (Wildman–Crippen LogP) is 1.16. The number of amides is 1. The van der Waals surface area contributed by atoms with Crippen molar-refractivity contribution in [2.24, 2.45) is 0 Å². The number of carbonyl (C=O) groups is 2. The fourth-order valence-corrected chi connectivity index (χ4v) is 2.06. The van der Waals surface area contributed by atoms with Gasteiger partial charge in [-0.1, -0.05) is 6.07 Å². The highest BCUT2D eigenvalue weighted by atomic mass is 16.4. The molecule has 1 amide bonds. The number of carboxylic acid groups (broad SMARTS) is 1. The Bertz CT molecular complexity index is 440. The molecular formula is C12H14N2O3. The average Bonchev–Trinajstić information content (AvgIpc) is 2.27. The number of hydrogen-bond acceptors (Lipinski definition) is 3. The summed E-state index contributed by atoms with van der Waals surface area (Å²) in [6.07, 6.45) is 3.39. The van der Waals surface area contributed by atoms with E-state index in [1.54, 1.807) is 18.2 Å². The summed E-state index contributed by atoms with van der Waals surface area (Å²) in [5, 5.41) is 9.24. The third-order valence-corrected chi connectivity index (χ3v) is 3.41. The molecule has 5 nitrogen and oxygen atoms in total. The third kappa shape index (κ3) is 1.77. The Morgan fingerprint density at radius 1 is 1.41 bits per heavy atom. The number of pyridine rings is 1. The van der Waals surface area contributed by atoms with Crippen LogP contribution in [0.2, 0.25) is 0 Å². The zero-order valence-corrected chi connectivity index (χ0v) is 9.59. The Morgan fingerprint density at radius 2 is 2.12 bits per heavy atom. The lowest BCUT2D eigenvalue weighted by atomic mass is 9.75. The van der Waals surface area contributed by atoms with E-state index in [0.717, 1.165) is 6.42 Å². The highest BCUT2D eigenvalue weighted by Gasteiger charge is 2.50. The van der Waals surface area contributed by atoms with Crippen molar-refractivity contribution in [1.29, 1.82) is 0 Å². The van der Waals surface area contributed by atoms with Gasteiger partial charge in [0.2, 0.25) is 0 Å². The van der Waals surface area contributed by atoms with E-state index in [4.69, 9.17) is 0 Å². The molecule has 0 bridgehead atoms. The molecule has 2 rings (SSSR count). The summed E-state index contributed by atoms with van der Waals surface area (Å²) in [6, 6.07) is 5.02. The minimum absolute atomic E-state index is 0.280. The van der Waals surface area contributed by atoms with Gasteiger partial charge < -0.3 is 10.0 Å². The second kappa shape index (κ2) is 4.16. The van der Waals surface area contributed by atoms with Crippen molar-refractivity contribution in [3.63, 3.8) is 0 Å². The van der Waals surface area contributed by atoms with Crippen LogP contribution in [-0.4, -0.2) is 39.5 Å². The van der Waals surface area contributed by atoms with E-state index < -0.39 is 11.5 Å². The molecule has 0 saturated heterocycles. The molecular weight excluding hydrogens is 220 g/mol. The van der Waals surface area contributed by atoms with E-state index >= 15 is 0 Å². The molecule has 1 aliphatic carbocycles. The van der Waals surface area contributed by atoms with Crippen molar-refractivity contribution < 1.29 is 14.7 Å². The Labute approximate surface area is 99.1 Å². The Balaban J connectivity index is 2.23. The van der Waals surface area contributed by atoms with Gasteiger partial charge >= 0.3 is 5.97 Å². The zero-order valence-electron chi connectivity index (χ0n) is 9.59. The van der Waals surface area contributed by atoms with Crippen LogP contribution in [0, 0.1) is 0 Å². The van der Waals surface area contributed by atoms with E-state index in [9.17, 15) is 14.7 Å². The molecule has 1 fully saturated rings. The predicted molar refractivity (Wildman–Crippen MR) is 60.5 cm³/mol. The van der Waals surface area contributed by atoms with Crippen LogP contribution in [0.5, 0.6) is 0 Å². The van der Waals surface area contributed by atoms with Gasteiger partial charge in [0.25, 0.3) is 5.91 Å². The molecule has 0 aromatic carbocycles. The van der Waals surface area contributed by atoms with Crippen LogP contribution in [0.4, 0.5) is 0 Å². The Morgan fingerprint density at radius 3 is 2.53 bits per heavy atom. The van der Waals surface area contributed by atoms with Gasteiger partial charge in [-0.25, -0.2) is 4.79 Å². The lowest BCUT2D eigenvalue weighted by Crippen LogP contribution is -2.59. The summed E-state index contributed by atoms with van der Waals surface area (Å²) in [5.41, 5.74) is -0.753. The van der Waals surface area contributed by atoms with Crippen LogP contribution in [0.15, 0.2) is 24.4 Å². The number of nitrogens with zero attached hydrogens (tertiary/aromatic N) is 2. The van der Waals surface area contributed by atoms with Crippen LogP contribution in [0.25, 0.3) is 0 Å². The molecule has 1 aromatic rings. The van der Waals surface area contributed by atoms with Gasteiger partial charge in [0, 0.05) is 13.2 Å². The quantitative estimate of drug-likeness (QED) is 0.852. The van der Waals surface area contributed by atoms with Gasteiger partial charge in [-0.05, 0) is 31.4 Å². The normalized spacial score (nSPS) is 17.0. The Hall–Kier alpha value is -1.91. The maximum absolute atomic E-state index is 12.1. The molecule has 0 atom stereocenters. The highest BCUT2D eigenvalue weighted by molar-refractivity contribution is 5.96. The molecule has 1 heterocycles. The van der Waals surface area contributed by atoms with E-state index in [1.165, 1.54) is 18.1 Å². The zero-order chi connectivity index (χ0) is 12.5. The number of aromatic nitrogens is 1. The van der Waals surface area contributed by atoms with Crippen molar-refractivity contribution in [1.82, 2.24) is 9.88 Å². The highest BCUT2D eigenvalue weighted by Crippen LogP contribution is 2.37. The minimum Gasteiger partial charge on any atom is -0.479 e. The van der Waals surface area contributed by atoms with Gasteiger partial charge in [-0.2, -0.15) is 0 Å². The number of hydrogen-bond donors (Lipinski definition) is 1. The first-order valence-corrected chi connectivity index (χ1v) is 5.50. The maximum Gasteiger partial charge on any atom is 0.329 e. The van der Waals surface area contributed by atoms with Gasteiger partial charge in [0.05, 0.1) is 0 Å². The summed E-state index contributed by atoms with van der Waals surface area (Å²) >= 11 is 0. The van der Waals surface area contributed by atoms with Crippen LogP contribution in [-0.2, 0) is 4.79 Å². The molecule has 5 heteroatoms. The first kappa shape index (κ1) is 11.6. The van der Waals surface area contributed by atoms with Crippen molar-refractivity contribution in [3.8, 4) is 0 Å². The lowest BCUT2D eigenvalue weighted by molar-refractivity contribution is -0.154. The standard InChI is InChI=1S/C12H14N2O3/c1-14(12(11(16)17)6-4-7-12)10(15)9-5-2-3-8-13-9/h2-3,5,8H,4,6-7H2,1H3,(H,16,17). The summed E-state index contributed by atoms with van der Waals surface area (Å²) < 4.78 is 0. The number of rotatable bonds is 3. The monoisotopic (exact) mass is 234 g/mol. The van der Waals surface area contributed by atoms with E-state index in [0.29, 0.717) is 12.8 Å². The topological polar surface area (TPSA) is 70.5 Å². The molecule has 0 spiro atoms. The average molecular weight is 234 g/mol. The smallest absolute Gasteiger partial charge is 0.329 e. The van der Waals surface area contributed by atoms with Crippen molar-refractivity contribution in [3.05, 3.63) is 30.1 Å². The van der Waals surface area contributed by atoms with Crippen LogP contribution < -0.4 is 0 Å². The first-order valence-electron chi connectivity index (χ1n) is 5.50. The Kier molecular flexibility index (Phi) is 2.83. The van der Waals surface area contributed by atoms with Crippen molar-refractivity contribution in [2.45, 2.75) is 24.8 Å². The van der Waals surface area contributed by atoms with Gasteiger partial charge in [0.1, 0.15) is 11.2 Å². The summed E-state index contributed by atoms with van der Waals surface area (Å²) in [4.78, 5) is 28.6. The second-order valence-electron chi connectivity index (χ2n) is 4.27. The number of carbonyl (C=O) groups excluding carboxylic acids is 1. The van der Waals surface area contributed by atoms with Gasteiger partial charge in [-0.3, -0.25) is 9.78 Å². The molecule has 0 aliphatic heterocycles. The van der Waals surface area contributed by atoms with Gasteiger partial charge in [-0.15, -0.1) is 0 Å². The number of carboxylic acids is 1. The molecule has 1 N–H and O–H groups in total. The number of likely N-dealkylation sites (N-methyl/N-ethyl adjacent to an activating group) is 1. The minimum atomic E-state index is -1.03. The van der Waals surface area contributed by atoms with Gasteiger partial charge in [0.15, 0.2) is 0 Å². The van der Waals surface area contributed by atoms with Crippen LogP contribution in [0.1, 0.15) is 29.8 Å². The molecule has 1 aromatic heterocycles. The van der Waals surface area contributed by atoms with E-state index in [1.807, 2.05) is 0 Å². The largest absolute Gasteiger partial charge is 0.479 e.